The van der Waals surface area contributed by atoms with Crippen LogP contribution in [0, 0.1) is 12.8 Å². The zero-order valence-electron chi connectivity index (χ0n) is 17.8. The van der Waals surface area contributed by atoms with Crippen molar-refractivity contribution in [3.8, 4) is 5.75 Å². The second kappa shape index (κ2) is 9.62. The van der Waals surface area contributed by atoms with E-state index in [-0.39, 0.29) is 22.8 Å². The summed E-state index contributed by atoms with van der Waals surface area (Å²) in [6, 6.07) is 14.7. The third kappa shape index (κ3) is 5.02. The van der Waals surface area contributed by atoms with Crippen LogP contribution in [0.2, 0.25) is 0 Å². The molecule has 6 nitrogen and oxygen atoms in total. The Balaban J connectivity index is 1.60. The first-order chi connectivity index (χ1) is 14.3. The number of piperidine rings is 1. The first-order valence-corrected chi connectivity index (χ1v) is 11.9. The molecule has 3 rings (SSSR count). The number of amides is 1. The molecule has 0 aromatic heterocycles. The fourth-order valence-electron chi connectivity index (χ4n) is 3.76. The van der Waals surface area contributed by atoms with Crippen molar-refractivity contribution in [3.63, 3.8) is 0 Å². The number of sulfonamides is 1. The van der Waals surface area contributed by atoms with Gasteiger partial charge in [0.25, 0.3) is 0 Å². The summed E-state index contributed by atoms with van der Waals surface area (Å²) >= 11 is 0. The number of benzene rings is 2. The van der Waals surface area contributed by atoms with Gasteiger partial charge in [-0.25, -0.2) is 8.42 Å². The zero-order chi connectivity index (χ0) is 21.7. The van der Waals surface area contributed by atoms with Gasteiger partial charge in [-0.1, -0.05) is 30.3 Å². The molecule has 0 saturated carbocycles. The maximum Gasteiger partial charge on any atom is 0.243 e. The minimum Gasteiger partial charge on any atom is -0.494 e. The van der Waals surface area contributed by atoms with Crippen LogP contribution in [0.1, 0.15) is 43.9 Å². The van der Waals surface area contributed by atoms with Crippen molar-refractivity contribution in [2.45, 2.75) is 44.6 Å². The molecule has 30 heavy (non-hydrogen) atoms. The minimum absolute atomic E-state index is 0.0136. The lowest BCUT2D eigenvalue weighted by Crippen LogP contribution is -2.43. The smallest absolute Gasteiger partial charge is 0.243 e. The lowest BCUT2D eigenvalue weighted by molar-refractivity contribution is -0.126. The molecule has 1 amide bonds. The fourth-order valence-corrected chi connectivity index (χ4v) is 5.32. The van der Waals surface area contributed by atoms with Crippen LogP contribution in [0.3, 0.4) is 0 Å². The van der Waals surface area contributed by atoms with E-state index in [4.69, 9.17) is 4.74 Å². The lowest BCUT2D eigenvalue weighted by Gasteiger charge is -2.31. The van der Waals surface area contributed by atoms with Crippen molar-refractivity contribution >= 4 is 15.9 Å². The summed E-state index contributed by atoms with van der Waals surface area (Å²) in [6.45, 7) is 6.91. The molecule has 1 atom stereocenters. The molecule has 1 aliphatic rings. The second-order valence-electron chi connectivity index (χ2n) is 7.68. The van der Waals surface area contributed by atoms with Gasteiger partial charge in [0.2, 0.25) is 15.9 Å². The highest BCUT2D eigenvalue weighted by atomic mass is 32.2. The highest BCUT2D eigenvalue weighted by Crippen LogP contribution is 2.27. The lowest BCUT2D eigenvalue weighted by atomic mass is 9.96. The number of carbonyl (C=O) groups excluding carboxylic acids is 1. The second-order valence-corrected chi connectivity index (χ2v) is 9.62. The van der Waals surface area contributed by atoms with Crippen molar-refractivity contribution in [1.29, 1.82) is 0 Å². The van der Waals surface area contributed by atoms with E-state index in [0.29, 0.717) is 38.3 Å². The van der Waals surface area contributed by atoms with Crippen LogP contribution in [-0.4, -0.2) is 38.3 Å². The number of rotatable bonds is 7. The Morgan fingerprint density at radius 2 is 1.83 bits per heavy atom. The zero-order valence-corrected chi connectivity index (χ0v) is 18.6. The highest BCUT2D eigenvalue weighted by molar-refractivity contribution is 7.89. The summed E-state index contributed by atoms with van der Waals surface area (Å²) in [7, 11) is -3.59. The van der Waals surface area contributed by atoms with E-state index >= 15 is 0 Å². The number of nitrogens with one attached hydrogen (secondary N) is 1. The molecule has 1 fully saturated rings. The molecule has 2 aromatic rings. The Labute approximate surface area is 179 Å². The molecule has 0 radical (unpaired) electrons. The van der Waals surface area contributed by atoms with E-state index in [2.05, 4.69) is 5.32 Å². The topological polar surface area (TPSA) is 75.7 Å². The van der Waals surface area contributed by atoms with Crippen LogP contribution >= 0.6 is 0 Å². The first-order valence-electron chi connectivity index (χ1n) is 10.4. The van der Waals surface area contributed by atoms with E-state index in [0.717, 1.165) is 11.1 Å². The van der Waals surface area contributed by atoms with Crippen LogP contribution in [0.25, 0.3) is 0 Å². The van der Waals surface area contributed by atoms with Gasteiger partial charge in [0, 0.05) is 19.0 Å². The van der Waals surface area contributed by atoms with Gasteiger partial charge in [0.15, 0.2) is 0 Å². The van der Waals surface area contributed by atoms with Crippen molar-refractivity contribution in [3.05, 3.63) is 59.7 Å². The summed E-state index contributed by atoms with van der Waals surface area (Å²) < 4.78 is 33.0. The van der Waals surface area contributed by atoms with E-state index < -0.39 is 10.0 Å². The summed E-state index contributed by atoms with van der Waals surface area (Å²) in [4.78, 5) is 12.9. The summed E-state index contributed by atoms with van der Waals surface area (Å²) in [5.41, 5.74) is 1.85. The molecule has 7 heteroatoms. The van der Waals surface area contributed by atoms with Crippen molar-refractivity contribution < 1.29 is 17.9 Å². The Bertz CT molecular complexity index is 968. The van der Waals surface area contributed by atoms with Crippen molar-refractivity contribution in [2.24, 2.45) is 5.92 Å². The van der Waals surface area contributed by atoms with Gasteiger partial charge in [0.05, 0.1) is 17.5 Å². The molecule has 0 unspecified atom stereocenters. The van der Waals surface area contributed by atoms with Gasteiger partial charge in [0.1, 0.15) is 5.75 Å². The van der Waals surface area contributed by atoms with Crippen molar-refractivity contribution in [1.82, 2.24) is 9.62 Å². The predicted octanol–water partition coefficient (Wildman–Crippen LogP) is 3.67. The van der Waals surface area contributed by atoms with Gasteiger partial charge in [-0.3, -0.25) is 4.79 Å². The van der Waals surface area contributed by atoms with E-state index in [1.54, 1.807) is 18.2 Å². The third-order valence-electron chi connectivity index (χ3n) is 5.57. The molecular weight excluding hydrogens is 400 g/mol. The quantitative estimate of drug-likeness (QED) is 0.727. The molecule has 1 heterocycles. The maximum absolute atomic E-state index is 13.0. The predicted molar refractivity (Wildman–Crippen MR) is 117 cm³/mol. The van der Waals surface area contributed by atoms with Crippen LogP contribution in [-0.2, 0) is 14.8 Å². The Morgan fingerprint density at radius 1 is 1.17 bits per heavy atom. The average Bonchev–Trinajstić information content (AvgIpc) is 2.76. The molecule has 0 aliphatic carbocycles. The highest BCUT2D eigenvalue weighted by Gasteiger charge is 2.32. The maximum atomic E-state index is 13.0. The van der Waals surface area contributed by atoms with Crippen molar-refractivity contribution in [2.75, 3.05) is 19.7 Å². The molecular formula is C23H30N2O4S. The molecule has 1 N–H and O–H groups in total. The molecule has 162 valence electrons. The molecule has 1 saturated heterocycles. The number of ether oxygens (including phenoxy) is 1. The van der Waals surface area contributed by atoms with Crippen LogP contribution in [0.4, 0.5) is 0 Å². The SMILES string of the molecule is CCOc1ccc(S(=O)(=O)N2CCC(C(=O)N[C@H](C)c3ccccc3)CC2)cc1C. The third-order valence-corrected chi connectivity index (χ3v) is 7.46. The molecule has 2 aromatic carbocycles. The average molecular weight is 431 g/mol. The largest absolute Gasteiger partial charge is 0.494 e. The van der Waals surface area contributed by atoms with Crippen LogP contribution in [0.15, 0.2) is 53.4 Å². The first kappa shape index (κ1) is 22.3. The van der Waals surface area contributed by atoms with E-state index in [1.807, 2.05) is 51.1 Å². The summed E-state index contributed by atoms with van der Waals surface area (Å²) in [6.07, 6.45) is 1.03. The summed E-state index contributed by atoms with van der Waals surface area (Å²) in [5, 5.41) is 3.06. The van der Waals surface area contributed by atoms with Gasteiger partial charge in [-0.2, -0.15) is 4.31 Å². The molecule has 1 aliphatic heterocycles. The number of nitrogens with zero attached hydrogens (tertiary/aromatic N) is 1. The van der Waals surface area contributed by atoms with E-state index in [9.17, 15) is 13.2 Å². The standard InChI is InChI=1S/C23H30N2O4S/c1-4-29-22-11-10-21(16-17(22)2)30(27,28)25-14-12-20(13-15-25)23(26)24-18(3)19-8-6-5-7-9-19/h5-11,16,18,20H,4,12-15H2,1-3H3,(H,24,26)/t18-/m1/s1. The monoisotopic (exact) mass is 430 g/mol. The van der Waals surface area contributed by atoms with Crippen LogP contribution < -0.4 is 10.1 Å². The Hall–Kier alpha value is -2.38. The Morgan fingerprint density at radius 3 is 2.43 bits per heavy atom. The summed E-state index contributed by atoms with van der Waals surface area (Å²) in [5.74, 6) is 0.504. The van der Waals surface area contributed by atoms with Gasteiger partial charge < -0.3 is 10.1 Å². The van der Waals surface area contributed by atoms with Gasteiger partial charge in [-0.05, 0) is 62.9 Å². The van der Waals surface area contributed by atoms with Gasteiger partial charge >= 0.3 is 0 Å². The normalized spacial score (nSPS) is 16.8. The Kier molecular flexibility index (Phi) is 7.15. The van der Waals surface area contributed by atoms with E-state index in [1.165, 1.54) is 4.31 Å². The van der Waals surface area contributed by atoms with Crippen LogP contribution in [0.5, 0.6) is 5.75 Å². The fraction of sp³-hybridized carbons (Fsp3) is 0.435. The molecule has 0 spiro atoms. The minimum atomic E-state index is -3.59. The number of carbonyl (C=O) groups is 1. The number of hydrogen-bond acceptors (Lipinski definition) is 4. The van der Waals surface area contributed by atoms with Gasteiger partial charge in [-0.15, -0.1) is 0 Å². The number of aryl methyl sites for hydroxylation is 1. The molecule has 0 bridgehead atoms. The number of hydrogen-bond donors (Lipinski definition) is 1.